The van der Waals surface area contributed by atoms with Crippen molar-refractivity contribution in [2.24, 2.45) is 0 Å². The zero-order valence-electron chi connectivity index (χ0n) is 15.2. The van der Waals surface area contributed by atoms with Crippen LogP contribution in [0.15, 0.2) is 48.5 Å². The number of rotatable bonds is 7. The molecule has 0 atom stereocenters. The molecule has 0 saturated carbocycles. The van der Waals surface area contributed by atoms with Crippen LogP contribution in [0.25, 0.3) is 22.2 Å². The highest BCUT2D eigenvalue weighted by Crippen LogP contribution is 2.28. The summed E-state index contributed by atoms with van der Waals surface area (Å²) in [6, 6.07) is 15.5. The van der Waals surface area contributed by atoms with Gasteiger partial charge >= 0.3 is 0 Å². The third-order valence-corrected chi connectivity index (χ3v) is 4.89. The molecule has 1 heterocycles. The largest absolute Gasteiger partial charge is 0.354 e. The number of hydrogen-bond acceptors (Lipinski definition) is 2. The van der Waals surface area contributed by atoms with Crippen molar-refractivity contribution in [1.82, 2.24) is 15.2 Å². The number of amides is 1. The lowest BCUT2D eigenvalue weighted by Gasteiger charge is -2.18. The van der Waals surface area contributed by atoms with E-state index >= 15 is 0 Å². The number of halogens is 1. The number of aromatic amines is 1. The van der Waals surface area contributed by atoms with E-state index in [2.05, 4.69) is 29.0 Å². The Kier molecular flexibility index (Phi) is 5.96. The molecule has 3 aromatic rings. The Morgan fingerprint density at radius 1 is 1.12 bits per heavy atom. The molecule has 1 amide bonds. The number of carbonyl (C=O) groups excluding carboxylic acids is 1. The first-order valence-corrected chi connectivity index (χ1v) is 9.38. The van der Waals surface area contributed by atoms with Gasteiger partial charge in [-0.25, -0.2) is 0 Å². The average Bonchev–Trinajstić information content (AvgIpc) is 3.08. The molecule has 136 valence electrons. The van der Waals surface area contributed by atoms with Gasteiger partial charge in [0.25, 0.3) is 5.91 Å². The maximum absolute atomic E-state index is 12.7. The summed E-state index contributed by atoms with van der Waals surface area (Å²) in [6.07, 6.45) is 0. The summed E-state index contributed by atoms with van der Waals surface area (Å²) in [6.45, 7) is 7.72. The first-order valence-electron chi connectivity index (χ1n) is 9.00. The van der Waals surface area contributed by atoms with Crippen molar-refractivity contribution in [2.45, 2.75) is 13.8 Å². The first kappa shape index (κ1) is 18.5. The highest BCUT2D eigenvalue weighted by Gasteiger charge is 2.14. The number of fused-ring (bicyclic) bond motifs is 1. The Hall–Kier alpha value is -2.30. The van der Waals surface area contributed by atoms with E-state index in [-0.39, 0.29) is 5.91 Å². The molecule has 2 aromatic carbocycles. The first-order chi connectivity index (χ1) is 12.6. The molecule has 2 N–H and O–H groups in total. The molecule has 0 radical (unpaired) electrons. The minimum atomic E-state index is -0.0514. The van der Waals surface area contributed by atoms with Crippen LogP contribution in [0.2, 0.25) is 5.02 Å². The van der Waals surface area contributed by atoms with Gasteiger partial charge in [0, 0.05) is 45.8 Å². The summed E-state index contributed by atoms with van der Waals surface area (Å²) in [5, 5.41) is 4.79. The normalized spacial score (nSPS) is 11.2. The van der Waals surface area contributed by atoms with Gasteiger partial charge in [-0.3, -0.25) is 4.79 Å². The number of hydrogen-bond donors (Lipinski definition) is 2. The average molecular weight is 370 g/mol. The highest BCUT2D eigenvalue weighted by molar-refractivity contribution is 6.31. The Morgan fingerprint density at radius 3 is 2.65 bits per heavy atom. The molecule has 0 aliphatic rings. The third kappa shape index (κ3) is 4.09. The van der Waals surface area contributed by atoms with Crippen LogP contribution < -0.4 is 5.32 Å². The molecule has 0 aliphatic heterocycles. The maximum atomic E-state index is 12.7. The lowest BCUT2D eigenvalue weighted by atomic mass is 10.0. The van der Waals surface area contributed by atoms with E-state index in [1.165, 1.54) is 0 Å². The minimum Gasteiger partial charge on any atom is -0.354 e. The fourth-order valence-electron chi connectivity index (χ4n) is 3.12. The number of aromatic nitrogens is 1. The molecule has 26 heavy (non-hydrogen) atoms. The van der Waals surface area contributed by atoms with Crippen LogP contribution >= 0.6 is 11.6 Å². The van der Waals surface area contributed by atoms with E-state index in [0.29, 0.717) is 17.1 Å². The van der Waals surface area contributed by atoms with Crippen LogP contribution in [0.4, 0.5) is 0 Å². The van der Waals surface area contributed by atoms with Crippen LogP contribution in [0, 0.1) is 0 Å². The molecule has 0 aliphatic carbocycles. The summed E-state index contributed by atoms with van der Waals surface area (Å²) >= 11 is 6.07. The Balaban J connectivity index is 1.82. The number of nitrogens with one attached hydrogen (secondary N) is 2. The van der Waals surface area contributed by atoms with Crippen molar-refractivity contribution in [3.63, 3.8) is 0 Å². The van der Waals surface area contributed by atoms with Crippen LogP contribution in [-0.4, -0.2) is 42.0 Å². The topological polar surface area (TPSA) is 48.1 Å². The number of likely N-dealkylation sites (N-methyl/N-ethyl adjacent to an activating group) is 1. The van der Waals surface area contributed by atoms with Crippen molar-refractivity contribution in [3.8, 4) is 11.3 Å². The van der Waals surface area contributed by atoms with E-state index in [4.69, 9.17) is 11.6 Å². The Bertz CT molecular complexity index is 899. The second-order valence-corrected chi connectivity index (χ2v) is 6.68. The predicted octanol–water partition coefficient (Wildman–Crippen LogP) is 4.56. The van der Waals surface area contributed by atoms with Crippen molar-refractivity contribution in [2.75, 3.05) is 26.2 Å². The molecule has 0 unspecified atom stereocenters. The van der Waals surface area contributed by atoms with Crippen LogP contribution in [-0.2, 0) is 0 Å². The SMILES string of the molecule is CCN(CC)CCNC(=O)c1ccccc1-c1cc2ccc(Cl)cc2[nH]1. The summed E-state index contributed by atoms with van der Waals surface area (Å²) in [7, 11) is 0. The van der Waals surface area contributed by atoms with E-state index < -0.39 is 0 Å². The number of carbonyl (C=O) groups is 1. The fourth-order valence-corrected chi connectivity index (χ4v) is 3.30. The third-order valence-electron chi connectivity index (χ3n) is 4.65. The monoisotopic (exact) mass is 369 g/mol. The molecule has 0 saturated heterocycles. The van der Waals surface area contributed by atoms with E-state index in [1.807, 2.05) is 48.5 Å². The molecule has 0 fully saturated rings. The molecule has 3 rings (SSSR count). The van der Waals surface area contributed by atoms with Crippen molar-refractivity contribution in [1.29, 1.82) is 0 Å². The zero-order chi connectivity index (χ0) is 18.5. The Labute approximate surface area is 159 Å². The van der Waals surface area contributed by atoms with Crippen LogP contribution in [0.5, 0.6) is 0 Å². The highest BCUT2D eigenvalue weighted by atomic mass is 35.5. The molecular formula is C21H24ClN3O. The lowest BCUT2D eigenvalue weighted by Crippen LogP contribution is -2.34. The van der Waals surface area contributed by atoms with Crippen LogP contribution in [0.3, 0.4) is 0 Å². The molecular weight excluding hydrogens is 346 g/mol. The zero-order valence-corrected chi connectivity index (χ0v) is 15.9. The van der Waals surface area contributed by atoms with Crippen LogP contribution in [0.1, 0.15) is 24.2 Å². The number of nitrogens with zero attached hydrogens (tertiary/aromatic N) is 1. The number of H-pyrrole nitrogens is 1. The second kappa shape index (κ2) is 8.39. The predicted molar refractivity (Wildman–Crippen MR) is 109 cm³/mol. The van der Waals surface area contributed by atoms with Gasteiger partial charge in [-0.05, 0) is 37.4 Å². The van der Waals surface area contributed by atoms with Gasteiger partial charge in [0.05, 0.1) is 0 Å². The van der Waals surface area contributed by atoms with Gasteiger partial charge in [0.1, 0.15) is 0 Å². The summed E-state index contributed by atoms with van der Waals surface area (Å²) in [4.78, 5) is 18.4. The standard InChI is InChI=1S/C21H24ClN3O/c1-3-25(4-2)12-11-23-21(26)18-8-6-5-7-17(18)20-13-15-9-10-16(22)14-19(15)24-20/h5-10,13-14,24H,3-4,11-12H2,1-2H3,(H,23,26). The van der Waals surface area contributed by atoms with E-state index in [9.17, 15) is 4.79 Å². The Morgan fingerprint density at radius 2 is 1.88 bits per heavy atom. The van der Waals surface area contributed by atoms with Crippen molar-refractivity contribution in [3.05, 3.63) is 59.1 Å². The smallest absolute Gasteiger partial charge is 0.252 e. The van der Waals surface area contributed by atoms with Crippen molar-refractivity contribution < 1.29 is 4.79 Å². The van der Waals surface area contributed by atoms with Crippen molar-refractivity contribution >= 4 is 28.4 Å². The second-order valence-electron chi connectivity index (χ2n) is 6.24. The lowest BCUT2D eigenvalue weighted by molar-refractivity contribution is 0.0949. The van der Waals surface area contributed by atoms with Gasteiger partial charge in [-0.1, -0.05) is 49.7 Å². The minimum absolute atomic E-state index is 0.0514. The quantitative estimate of drug-likeness (QED) is 0.641. The van der Waals surface area contributed by atoms with E-state index in [0.717, 1.165) is 41.8 Å². The fraction of sp³-hybridized carbons (Fsp3) is 0.286. The molecule has 1 aromatic heterocycles. The molecule has 0 spiro atoms. The van der Waals surface area contributed by atoms with E-state index in [1.54, 1.807) is 0 Å². The van der Waals surface area contributed by atoms with Gasteiger partial charge in [0.2, 0.25) is 0 Å². The summed E-state index contributed by atoms with van der Waals surface area (Å²) < 4.78 is 0. The summed E-state index contributed by atoms with van der Waals surface area (Å²) in [5.74, 6) is -0.0514. The molecule has 4 nitrogen and oxygen atoms in total. The molecule has 0 bridgehead atoms. The number of benzene rings is 2. The maximum Gasteiger partial charge on any atom is 0.252 e. The van der Waals surface area contributed by atoms with Gasteiger partial charge in [0.15, 0.2) is 0 Å². The molecule has 5 heteroatoms. The van der Waals surface area contributed by atoms with Gasteiger partial charge < -0.3 is 15.2 Å². The van der Waals surface area contributed by atoms with Gasteiger partial charge in [-0.2, -0.15) is 0 Å². The van der Waals surface area contributed by atoms with Gasteiger partial charge in [-0.15, -0.1) is 0 Å². The summed E-state index contributed by atoms with van der Waals surface area (Å²) in [5.41, 5.74) is 3.44.